The van der Waals surface area contributed by atoms with Crippen molar-refractivity contribution in [3.63, 3.8) is 0 Å². The van der Waals surface area contributed by atoms with Crippen LogP contribution in [0.2, 0.25) is 0 Å². The van der Waals surface area contributed by atoms with E-state index >= 15 is 0 Å². The van der Waals surface area contributed by atoms with Gasteiger partial charge in [-0.1, -0.05) is 0 Å². The topological polar surface area (TPSA) is 69.6 Å². The number of aliphatic carboxylic acids is 1. The lowest BCUT2D eigenvalue weighted by Crippen LogP contribution is -2.39. The number of nitrogens with zero attached hydrogens (tertiary/aromatic N) is 1. The number of carboxylic acids is 1. The van der Waals surface area contributed by atoms with Crippen molar-refractivity contribution in [1.82, 2.24) is 10.2 Å². The van der Waals surface area contributed by atoms with Gasteiger partial charge < -0.3 is 15.3 Å². The van der Waals surface area contributed by atoms with Crippen molar-refractivity contribution >= 4 is 11.9 Å². The summed E-state index contributed by atoms with van der Waals surface area (Å²) in [6.07, 6.45) is 4.72. The lowest BCUT2D eigenvalue weighted by molar-refractivity contribution is -0.138. The largest absolute Gasteiger partial charge is 0.481 e. The van der Waals surface area contributed by atoms with Gasteiger partial charge in [0.1, 0.15) is 0 Å². The van der Waals surface area contributed by atoms with Crippen molar-refractivity contribution in [1.29, 1.82) is 0 Å². The van der Waals surface area contributed by atoms with E-state index in [0.29, 0.717) is 18.3 Å². The first-order valence-corrected chi connectivity index (χ1v) is 7.35. The van der Waals surface area contributed by atoms with Crippen molar-refractivity contribution in [3.8, 4) is 0 Å². The summed E-state index contributed by atoms with van der Waals surface area (Å²) in [6.45, 7) is 3.63. The van der Waals surface area contributed by atoms with E-state index in [9.17, 15) is 9.59 Å². The molecular weight excluding hydrogens is 244 g/mol. The van der Waals surface area contributed by atoms with Crippen LogP contribution >= 0.6 is 0 Å². The highest BCUT2D eigenvalue weighted by molar-refractivity contribution is 5.76. The number of carboxylic acid groups (broad SMARTS) is 1. The molecule has 2 N–H and O–H groups in total. The van der Waals surface area contributed by atoms with Gasteiger partial charge in [-0.15, -0.1) is 0 Å². The van der Waals surface area contributed by atoms with Gasteiger partial charge in [0.25, 0.3) is 0 Å². The van der Waals surface area contributed by atoms with Crippen LogP contribution in [0.1, 0.15) is 38.5 Å². The molecule has 1 atom stereocenters. The zero-order valence-electron chi connectivity index (χ0n) is 11.4. The minimum Gasteiger partial charge on any atom is -0.481 e. The highest BCUT2D eigenvalue weighted by Crippen LogP contribution is 2.23. The molecule has 19 heavy (non-hydrogen) atoms. The van der Waals surface area contributed by atoms with E-state index in [-0.39, 0.29) is 12.3 Å². The van der Waals surface area contributed by atoms with Crippen LogP contribution in [0.15, 0.2) is 0 Å². The van der Waals surface area contributed by atoms with E-state index in [4.69, 9.17) is 5.11 Å². The van der Waals surface area contributed by atoms with Crippen LogP contribution in [-0.4, -0.2) is 48.1 Å². The fourth-order valence-electron chi connectivity index (χ4n) is 3.06. The fraction of sp³-hybridized carbons (Fsp3) is 0.857. The van der Waals surface area contributed by atoms with E-state index in [1.54, 1.807) is 0 Å². The molecule has 0 bridgehead atoms. The minimum absolute atomic E-state index is 0.256. The molecule has 2 rings (SSSR count). The third-order valence-electron chi connectivity index (χ3n) is 4.36. The Kier molecular flexibility index (Phi) is 5.19. The predicted molar refractivity (Wildman–Crippen MR) is 71.8 cm³/mol. The Morgan fingerprint density at radius 1 is 1.16 bits per heavy atom. The van der Waals surface area contributed by atoms with Crippen LogP contribution < -0.4 is 5.32 Å². The maximum atomic E-state index is 12.1. The molecule has 0 aromatic carbocycles. The van der Waals surface area contributed by atoms with Crippen molar-refractivity contribution in [3.05, 3.63) is 0 Å². The number of piperidine rings is 1. The molecule has 0 radical (unpaired) electrons. The molecule has 108 valence electrons. The summed E-state index contributed by atoms with van der Waals surface area (Å²) < 4.78 is 0. The monoisotopic (exact) mass is 268 g/mol. The summed E-state index contributed by atoms with van der Waals surface area (Å²) in [7, 11) is 0. The van der Waals surface area contributed by atoms with Crippen LogP contribution in [-0.2, 0) is 9.59 Å². The molecule has 0 spiro atoms. The first kappa shape index (κ1) is 14.3. The molecule has 2 aliphatic rings. The number of amides is 1. The van der Waals surface area contributed by atoms with E-state index in [1.165, 1.54) is 0 Å². The molecule has 2 saturated heterocycles. The Balaban J connectivity index is 1.67. The van der Waals surface area contributed by atoms with Gasteiger partial charge >= 0.3 is 5.97 Å². The number of nitrogens with one attached hydrogen (secondary N) is 1. The van der Waals surface area contributed by atoms with Gasteiger partial charge in [-0.3, -0.25) is 9.59 Å². The first-order valence-electron chi connectivity index (χ1n) is 7.35. The SMILES string of the molecule is O=C(O)CCC1CCN(C(=O)CC2CCNC2)CC1. The second kappa shape index (κ2) is 6.89. The highest BCUT2D eigenvalue weighted by Gasteiger charge is 2.25. The number of hydrogen-bond donors (Lipinski definition) is 2. The molecule has 1 amide bonds. The summed E-state index contributed by atoms with van der Waals surface area (Å²) in [5.74, 6) is 0.558. The number of rotatable bonds is 5. The summed E-state index contributed by atoms with van der Waals surface area (Å²) in [6, 6.07) is 0. The molecule has 0 aromatic heterocycles. The average Bonchev–Trinajstić information content (AvgIpc) is 2.89. The molecule has 0 aromatic rings. The quantitative estimate of drug-likeness (QED) is 0.783. The normalized spacial score (nSPS) is 24.6. The van der Waals surface area contributed by atoms with Gasteiger partial charge in [0.2, 0.25) is 5.91 Å². The van der Waals surface area contributed by atoms with Crippen LogP contribution in [0.3, 0.4) is 0 Å². The van der Waals surface area contributed by atoms with Crippen molar-refractivity contribution in [2.45, 2.75) is 38.5 Å². The van der Waals surface area contributed by atoms with Crippen LogP contribution in [0.4, 0.5) is 0 Å². The van der Waals surface area contributed by atoms with Crippen LogP contribution in [0, 0.1) is 11.8 Å². The molecule has 2 fully saturated rings. The Morgan fingerprint density at radius 3 is 2.47 bits per heavy atom. The van der Waals surface area contributed by atoms with Gasteiger partial charge in [-0.05, 0) is 50.6 Å². The number of hydrogen-bond acceptors (Lipinski definition) is 3. The zero-order chi connectivity index (χ0) is 13.7. The lowest BCUT2D eigenvalue weighted by Gasteiger charge is -2.32. The van der Waals surface area contributed by atoms with Gasteiger partial charge in [0.15, 0.2) is 0 Å². The molecule has 0 aliphatic carbocycles. The van der Waals surface area contributed by atoms with E-state index < -0.39 is 5.97 Å². The fourth-order valence-corrected chi connectivity index (χ4v) is 3.06. The van der Waals surface area contributed by atoms with E-state index in [0.717, 1.165) is 51.9 Å². The standard InChI is InChI=1S/C14H24N2O3/c17-13(9-12-3-6-15-10-12)16-7-4-11(5-8-16)1-2-14(18)19/h11-12,15H,1-10H2,(H,18,19). The van der Waals surface area contributed by atoms with Crippen LogP contribution in [0.25, 0.3) is 0 Å². The molecule has 5 nitrogen and oxygen atoms in total. The smallest absolute Gasteiger partial charge is 0.303 e. The van der Waals surface area contributed by atoms with Gasteiger partial charge in [0, 0.05) is 25.9 Å². The Hall–Kier alpha value is -1.10. The molecule has 0 saturated carbocycles. The molecule has 1 unspecified atom stereocenters. The second-order valence-electron chi connectivity index (χ2n) is 5.82. The summed E-state index contributed by atoms with van der Waals surface area (Å²) in [4.78, 5) is 24.6. The third kappa shape index (κ3) is 4.49. The molecular formula is C14H24N2O3. The number of carbonyl (C=O) groups is 2. The minimum atomic E-state index is -0.716. The third-order valence-corrected chi connectivity index (χ3v) is 4.36. The van der Waals surface area contributed by atoms with Gasteiger partial charge in [-0.2, -0.15) is 0 Å². The molecule has 2 aliphatic heterocycles. The van der Waals surface area contributed by atoms with Gasteiger partial charge in [0.05, 0.1) is 0 Å². The summed E-state index contributed by atoms with van der Waals surface area (Å²) in [5, 5.41) is 12.0. The maximum absolute atomic E-state index is 12.1. The number of carbonyl (C=O) groups excluding carboxylic acids is 1. The maximum Gasteiger partial charge on any atom is 0.303 e. The Labute approximate surface area is 114 Å². The zero-order valence-corrected chi connectivity index (χ0v) is 11.4. The second-order valence-corrected chi connectivity index (χ2v) is 5.82. The Bertz CT molecular complexity index is 319. The molecule has 2 heterocycles. The van der Waals surface area contributed by atoms with Crippen LogP contribution in [0.5, 0.6) is 0 Å². The first-order chi connectivity index (χ1) is 9.15. The van der Waals surface area contributed by atoms with Crippen molar-refractivity contribution < 1.29 is 14.7 Å². The average molecular weight is 268 g/mol. The molecule has 5 heteroatoms. The van der Waals surface area contributed by atoms with Gasteiger partial charge in [-0.25, -0.2) is 0 Å². The summed E-state index contributed by atoms with van der Waals surface area (Å²) >= 11 is 0. The Morgan fingerprint density at radius 2 is 1.89 bits per heavy atom. The van der Waals surface area contributed by atoms with E-state index in [1.807, 2.05) is 4.90 Å². The van der Waals surface area contributed by atoms with Crippen molar-refractivity contribution in [2.24, 2.45) is 11.8 Å². The highest BCUT2D eigenvalue weighted by atomic mass is 16.4. The summed E-state index contributed by atoms with van der Waals surface area (Å²) in [5.41, 5.74) is 0. The van der Waals surface area contributed by atoms with E-state index in [2.05, 4.69) is 5.32 Å². The lowest BCUT2D eigenvalue weighted by atomic mass is 9.91. The number of likely N-dealkylation sites (tertiary alicyclic amines) is 1. The predicted octanol–water partition coefficient (Wildman–Crippen LogP) is 1.09. The van der Waals surface area contributed by atoms with Crippen molar-refractivity contribution in [2.75, 3.05) is 26.2 Å².